The van der Waals surface area contributed by atoms with Crippen molar-refractivity contribution in [2.24, 2.45) is 0 Å². The van der Waals surface area contributed by atoms with Crippen LogP contribution in [0.15, 0.2) is 23.4 Å². The van der Waals surface area contributed by atoms with E-state index >= 15 is 0 Å². The van der Waals surface area contributed by atoms with E-state index in [-0.39, 0.29) is 11.1 Å². The maximum atomic E-state index is 12.3. The Balaban J connectivity index is 2.30. The summed E-state index contributed by atoms with van der Waals surface area (Å²) in [5, 5.41) is 0.191. The second-order valence-electron chi connectivity index (χ2n) is 4.03. The van der Waals surface area contributed by atoms with Gasteiger partial charge in [0, 0.05) is 19.0 Å². The molecule has 0 aromatic carbocycles. The Labute approximate surface area is 102 Å². The van der Waals surface area contributed by atoms with Crippen molar-refractivity contribution < 1.29 is 8.42 Å². The molecule has 1 N–H and O–H groups in total. The summed E-state index contributed by atoms with van der Waals surface area (Å²) in [6.45, 7) is 4.36. The minimum Gasteiger partial charge on any atom is -0.332 e. The van der Waals surface area contributed by atoms with Gasteiger partial charge >= 0.3 is 0 Å². The minimum absolute atomic E-state index is 0.0339. The van der Waals surface area contributed by atoms with Crippen LogP contribution in [0, 0.1) is 0 Å². The molecule has 0 spiro atoms. The Kier molecular flexibility index (Phi) is 3.35. The van der Waals surface area contributed by atoms with Crippen molar-refractivity contribution in [1.29, 1.82) is 0 Å². The summed E-state index contributed by atoms with van der Waals surface area (Å²) in [5.74, 6) is 0.698. The Morgan fingerprint density at radius 2 is 2.29 bits per heavy atom. The highest BCUT2D eigenvalue weighted by molar-refractivity contribution is 7.89. The third kappa shape index (κ3) is 2.14. The van der Waals surface area contributed by atoms with E-state index in [1.807, 2.05) is 26.0 Å². The van der Waals surface area contributed by atoms with Gasteiger partial charge < -0.3 is 4.98 Å². The summed E-state index contributed by atoms with van der Waals surface area (Å²) in [6.07, 6.45) is 6.71. The monoisotopic (exact) mass is 255 g/mol. The lowest BCUT2D eigenvalue weighted by Gasteiger charge is -2.21. The summed E-state index contributed by atoms with van der Waals surface area (Å²) in [6, 6.07) is -0.0339. The third-order valence-electron chi connectivity index (χ3n) is 2.96. The van der Waals surface area contributed by atoms with Crippen LogP contribution in [0.1, 0.15) is 26.1 Å². The van der Waals surface area contributed by atoms with Crippen molar-refractivity contribution in [3.8, 4) is 0 Å². The number of nitrogens with zero attached hydrogens (tertiary/aromatic N) is 2. The summed E-state index contributed by atoms with van der Waals surface area (Å²) in [7, 11) is -3.44. The molecule has 0 saturated carbocycles. The van der Waals surface area contributed by atoms with Gasteiger partial charge in [0.1, 0.15) is 5.82 Å². The maximum Gasteiger partial charge on any atom is 0.260 e. The highest BCUT2D eigenvalue weighted by Gasteiger charge is 2.32. The molecule has 0 aliphatic carbocycles. The second kappa shape index (κ2) is 4.62. The van der Waals surface area contributed by atoms with Gasteiger partial charge in [0.15, 0.2) is 5.03 Å². The van der Waals surface area contributed by atoms with Gasteiger partial charge in [0.25, 0.3) is 10.0 Å². The first-order valence-corrected chi connectivity index (χ1v) is 7.26. The lowest BCUT2D eigenvalue weighted by atomic mass is 10.2. The highest BCUT2D eigenvalue weighted by atomic mass is 32.2. The molecular weight excluding hydrogens is 238 g/mol. The molecule has 5 nitrogen and oxygen atoms in total. The van der Waals surface area contributed by atoms with E-state index < -0.39 is 10.0 Å². The quantitative estimate of drug-likeness (QED) is 0.825. The fourth-order valence-electron chi connectivity index (χ4n) is 1.95. The fourth-order valence-corrected chi connectivity index (χ4v) is 3.49. The van der Waals surface area contributed by atoms with E-state index in [2.05, 4.69) is 9.97 Å². The molecule has 1 unspecified atom stereocenters. The van der Waals surface area contributed by atoms with Gasteiger partial charge in [-0.2, -0.15) is 4.31 Å². The molecule has 1 aliphatic heterocycles. The Morgan fingerprint density at radius 3 is 2.88 bits per heavy atom. The molecule has 17 heavy (non-hydrogen) atoms. The van der Waals surface area contributed by atoms with E-state index in [1.165, 1.54) is 10.5 Å². The van der Waals surface area contributed by atoms with E-state index in [1.54, 1.807) is 0 Å². The standard InChI is InChI=1S/C11H17N3O2S/c1-3-9-6-5-7-14(9)17(15,16)11-8-12-10(4-2)13-11/h5-6,8-9H,3-4,7H2,1-2H3,(H,12,13). The molecule has 2 heterocycles. The van der Waals surface area contributed by atoms with Gasteiger partial charge in [-0.3, -0.25) is 0 Å². The molecular formula is C11H17N3O2S. The van der Waals surface area contributed by atoms with Gasteiger partial charge in [-0.1, -0.05) is 26.0 Å². The first kappa shape index (κ1) is 12.3. The number of sulfonamides is 1. The maximum absolute atomic E-state index is 12.3. The van der Waals surface area contributed by atoms with Crippen molar-refractivity contribution in [2.75, 3.05) is 6.54 Å². The topological polar surface area (TPSA) is 66.1 Å². The zero-order valence-electron chi connectivity index (χ0n) is 10.0. The van der Waals surface area contributed by atoms with Gasteiger partial charge in [-0.25, -0.2) is 13.4 Å². The van der Waals surface area contributed by atoms with E-state index in [0.717, 1.165) is 6.42 Å². The number of aryl methyl sites for hydroxylation is 1. The van der Waals surface area contributed by atoms with Crippen LogP contribution in [-0.2, 0) is 16.4 Å². The number of hydrogen-bond acceptors (Lipinski definition) is 3. The van der Waals surface area contributed by atoms with Crippen LogP contribution in [0.25, 0.3) is 0 Å². The Morgan fingerprint density at radius 1 is 1.53 bits per heavy atom. The van der Waals surface area contributed by atoms with Crippen LogP contribution >= 0.6 is 0 Å². The predicted octanol–water partition coefficient (Wildman–Crippen LogP) is 1.31. The van der Waals surface area contributed by atoms with Gasteiger partial charge in [-0.05, 0) is 6.42 Å². The molecule has 0 fully saturated rings. The van der Waals surface area contributed by atoms with Gasteiger partial charge in [-0.15, -0.1) is 0 Å². The number of nitrogens with one attached hydrogen (secondary N) is 1. The fraction of sp³-hybridized carbons (Fsp3) is 0.545. The highest BCUT2D eigenvalue weighted by Crippen LogP contribution is 2.22. The van der Waals surface area contributed by atoms with Gasteiger partial charge in [0.2, 0.25) is 0 Å². The van der Waals surface area contributed by atoms with Crippen LogP contribution in [0.5, 0.6) is 0 Å². The van der Waals surface area contributed by atoms with Crippen molar-refractivity contribution in [3.05, 3.63) is 24.2 Å². The van der Waals surface area contributed by atoms with Crippen LogP contribution in [0.3, 0.4) is 0 Å². The number of H-pyrrole nitrogens is 1. The van der Waals surface area contributed by atoms with Crippen LogP contribution < -0.4 is 0 Å². The van der Waals surface area contributed by atoms with Crippen LogP contribution in [0.2, 0.25) is 0 Å². The third-order valence-corrected chi connectivity index (χ3v) is 4.76. The molecule has 2 rings (SSSR count). The number of rotatable bonds is 4. The molecule has 94 valence electrons. The van der Waals surface area contributed by atoms with Crippen molar-refractivity contribution in [1.82, 2.24) is 14.3 Å². The van der Waals surface area contributed by atoms with Crippen molar-refractivity contribution in [3.63, 3.8) is 0 Å². The van der Waals surface area contributed by atoms with E-state index in [9.17, 15) is 8.42 Å². The molecule has 0 saturated heterocycles. The Hall–Kier alpha value is -1.14. The molecule has 1 aromatic rings. The lowest BCUT2D eigenvalue weighted by molar-refractivity contribution is 0.401. The van der Waals surface area contributed by atoms with Crippen LogP contribution in [0.4, 0.5) is 0 Å². The molecule has 0 radical (unpaired) electrons. The average molecular weight is 255 g/mol. The molecule has 6 heteroatoms. The van der Waals surface area contributed by atoms with E-state index in [0.29, 0.717) is 18.8 Å². The molecule has 1 aromatic heterocycles. The number of imidazole rings is 1. The van der Waals surface area contributed by atoms with Crippen molar-refractivity contribution in [2.45, 2.75) is 37.8 Å². The zero-order chi connectivity index (χ0) is 12.5. The Bertz CT molecular complexity index is 519. The first-order chi connectivity index (χ1) is 8.09. The number of aromatic nitrogens is 2. The summed E-state index contributed by atoms with van der Waals surface area (Å²) < 4.78 is 26.2. The zero-order valence-corrected chi connectivity index (χ0v) is 10.9. The molecule has 0 amide bonds. The van der Waals surface area contributed by atoms with Crippen molar-refractivity contribution >= 4 is 10.0 Å². The summed E-state index contributed by atoms with van der Waals surface area (Å²) in [5.41, 5.74) is 0. The largest absolute Gasteiger partial charge is 0.332 e. The normalized spacial score (nSPS) is 21.2. The minimum atomic E-state index is -3.44. The number of hydrogen-bond donors (Lipinski definition) is 1. The predicted molar refractivity (Wildman–Crippen MR) is 65.1 cm³/mol. The second-order valence-corrected chi connectivity index (χ2v) is 5.89. The average Bonchev–Trinajstić information content (AvgIpc) is 2.97. The van der Waals surface area contributed by atoms with E-state index in [4.69, 9.17) is 0 Å². The molecule has 1 atom stereocenters. The molecule has 1 aliphatic rings. The number of aromatic amines is 1. The summed E-state index contributed by atoms with van der Waals surface area (Å²) >= 11 is 0. The smallest absolute Gasteiger partial charge is 0.260 e. The molecule has 0 bridgehead atoms. The van der Waals surface area contributed by atoms with Gasteiger partial charge in [0.05, 0.1) is 6.20 Å². The lowest BCUT2D eigenvalue weighted by Crippen LogP contribution is -2.35. The summed E-state index contributed by atoms with van der Waals surface area (Å²) in [4.78, 5) is 6.90. The first-order valence-electron chi connectivity index (χ1n) is 5.82. The van der Waals surface area contributed by atoms with Crippen LogP contribution in [-0.4, -0.2) is 35.3 Å². The SMILES string of the molecule is CCc1ncc(S(=O)(=O)N2CC=CC2CC)[nH]1.